The third-order valence-corrected chi connectivity index (χ3v) is 4.02. The molecular formula is C16H22N6O3. The van der Waals surface area contributed by atoms with Crippen LogP contribution < -0.4 is 0 Å². The number of aromatic amines is 3. The first-order chi connectivity index (χ1) is 12.3. The van der Waals surface area contributed by atoms with Crippen molar-refractivity contribution < 1.29 is 14.2 Å². The summed E-state index contributed by atoms with van der Waals surface area (Å²) >= 11 is 0. The van der Waals surface area contributed by atoms with Crippen LogP contribution in [-0.2, 0) is 34.0 Å². The van der Waals surface area contributed by atoms with E-state index in [0.717, 1.165) is 33.8 Å². The van der Waals surface area contributed by atoms with Crippen LogP contribution in [0.1, 0.15) is 39.7 Å². The topological polar surface area (TPSA) is 114 Å². The van der Waals surface area contributed by atoms with Gasteiger partial charge in [-0.3, -0.25) is 15.3 Å². The van der Waals surface area contributed by atoms with Gasteiger partial charge in [0, 0.05) is 38.0 Å². The molecule has 0 aliphatic heterocycles. The molecule has 0 spiro atoms. The van der Waals surface area contributed by atoms with E-state index in [2.05, 4.69) is 30.6 Å². The van der Waals surface area contributed by atoms with Crippen LogP contribution in [0.15, 0.2) is 18.6 Å². The van der Waals surface area contributed by atoms with Crippen LogP contribution in [0.5, 0.6) is 0 Å². The zero-order valence-electron chi connectivity index (χ0n) is 14.5. The third-order valence-electron chi connectivity index (χ3n) is 4.02. The van der Waals surface area contributed by atoms with Crippen molar-refractivity contribution in [1.29, 1.82) is 0 Å². The van der Waals surface area contributed by atoms with Crippen LogP contribution in [-0.4, -0.2) is 51.9 Å². The SMILES string of the molecule is COCc1cn[nH]c1C(c1[nH]ncc1COC)c1[nH]ncc1COC. The van der Waals surface area contributed by atoms with Crippen molar-refractivity contribution in [3.8, 4) is 0 Å². The summed E-state index contributed by atoms with van der Waals surface area (Å²) in [5.74, 6) is -0.201. The lowest BCUT2D eigenvalue weighted by molar-refractivity contribution is 0.182. The molecule has 0 unspecified atom stereocenters. The molecule has 3 aromatic heterocycles. The Labute approximate surface area is 145 Å². The van der Waals surface area contributed by atoms with Crippen LogP contribution in [0.2, 0.25) is 0 Å². The Kier molecular flexibility index (Phi) is 5.59. The first kappa shape index (κ1) is 17.3. The van der Waals surface area contributed by atoms with Crippen LogP contribution in [0.4, 0.5) is 0 Å². The fraction of sp³-hybridized carbons (Fsp3) is 0.438. The number of hydrogen-bond donors (Lipinski definition) is 3. The molecule has 9 nitrogen and oxygen atoms in total. The first-order valence-corrected chi connectivity index (χ1v) is 7.83. The van der Waals surface area contributed by atoms with Gasteiger partial charge >= 0.3 is 0 Å². The number of methoxy groups -OCH3 is 3. The monoisotopic (exact) mass is 346 g/mol. The van der Waals surface area contributed by atoms with Gasteiger partial charge in [-0.15, -0.1) is 0 Å². The Hall–Kier alpha value is -2.49. The highest BCUT2D eigenvalue weighted by Gasteiger charge is 2.29. The number of nitrogens with zero attached hydrogens (tertiary/aromatic N) is 3. The Morgan fingerprint density at radius 1 is 0.680 bits per heavy atom. The molecule has 0 aliphatic rings. The molecule has 3 aromatic rings. The summed E-state index contributed by atoms with van der Waals surface area (Å²) in [5, 5.41) is 21.9. The van der Waals surface area contributed by atoms with Gasteiger partial charge in [-0.2, -0.15) is 15.3 Å². The normalized spacial score (nSPS) is 11.5. The smallest absolute Gasteiger partial charge is 0.0851 e. The van der Waals surface area contributed by atoms with Gasteiger partial charge in [0.1, 0.15) is 0 Å². The fourth-order valence-electron chi connectivity index (χ4n) is 2.96. The number of hydrogen-bond acceptors (Lipinski definition) is 6. The first-order valence-electron chi connectivity index (χ1n) is 7.83. The maximum Gasteiger partial charge on any atom is 0.0851 e. The molecule has 3 heterocycles. The lowest BCUT2D eigenvalue weighted by atomic mass is 9.90. The minimum Gasteiger partial charge on any atom is -0.380 e. The van der Waals surface area contributed by atoms with Gasteiger partial charge in [0.05, 0.1) is 61.4 Å². The highest BCUT2D eigenvalue weighted by molar-refractivity contribution is 5.42. The Bertz CT molecular complexity index is 688. The standard InChI is InChI=1S/C16H22N6O3/c1-23-7-10-4-17-20-14(10)13(15-11(8-24-2)5-18-21-15)16-12(9-25-3)6-19-22-16/h4-6,13H,7-9H2,1-3H3,(H,17,20)(H,18,21)(H,19,22). The van der Waals surface area contributed by atoms with Crippen LogP contribution >= 0.6 is 0 Å². The second kappa shape index (κ2) is 8.06. The Morgan fingerprint density at radius 2 is 1.00 bits per heavy atom. The van der Waals surface area contributed by atoms with Crippen LogP contribution in [0, 0.1) is 0 Å². The van der Waals surface area contributed by atoms with E-state index < -0.39 is 0 Å². The molecule has 0 bridgehead atoms. The molecule has 0 atom stereocenters. The van der Waals surface area contributed by atoms with E-state index in [1.54, 1.807) is 39.9 Å². The van der Waals surface area contributed by atoms with Crippen molar-refractivity contribution in [1.82, 2.24) is 30.6 Å². The van der Waals surface area contributed by atoms with Crippen molar-refractivity contribution in [2.45, 2.75) is 25.7 Å². The zero-order chi connectivity index (χ0) is 17.6. The van der Waals surface area contributed by atoms with Crippen molar-refractivity contribution in [2.24, 2.45) is 0 Å². The molecule has 3 rings (SSSR count). The van der Waals surface area contributed by atoms with Gasteiger partial charge in [-0.25, -0.2) is 0 Å². The molecule has 134 valence electrons. The maximum atomic E-state index is 5.31. The van der Waals surface area contributed by atoms with Gasteiger partial charge in [-0.1, -0.05) is 0 Å². The van der Waals surface area contributed by atoms with Gasteiger partial charge < -0.3 is 14.2 Å². The van der Waals surface area contributed by atoms with E-state index in [1.807, 2.05) is 0 Å². The lowest BCUT2D eigenvalue weighted by Crippen LogP contribution is -2.12. The van der Waals surface area contributed by atoms with Crippen LogP contribution in [0.3, 0.4) is 0 Å². The maximum absolute atomic E-state index is 5.31. The minimum atomic E-state index is -0.201. The van der Waals surface area contributed by atoms with Crippen molar-refractivity contribution in [3.63, 3.8) is 0 Å². The average Bonchev–Trinajstić information content (AvgIpc) is 3.33. The van der Waals surface area contributed by atoms with Crippen molar-refractivity contribution in [2.75, 3.05) is 21.3 Å². The number of H-pyrrole nitrogens is 3. The summed E-state index contributed by atoms with van der Waals surface area (Å²) < 4.78 is 15.9. The van der Waals surface area contributed by atoms with Gasteiger partial charge in [0.25, 0.3) is 0 Å². The zero-order valence-corrected chi connectivity index (χ0v) is 14.5. The van der Waals surface area contributed by atoms with E-state index in [4.69, 9.17) is 14.2 Å². The van der Waals surface area contributed by atoms with Gasteiger partial charge in [0.2, 0.25) is 0 Å². The number of rotatable bonds is 9. The lowest BCUT2D eigenvalue weighted by Gasteiger charge is -2.18. The van der Waals surface area contributed by atoms with E-state index in [9.17, 15) is 0 Å². The molecule has 0 saturated carbocycles. The molecule has 0 amide bonds. The van der Waals surface area contributed by atoms with Crippen molar-refractivity contribution in [3.05, 3.63) is 52.4 Å². The fourth-order valence-corrected chi connectivity index (χ4v) is 2.96. The second-order valence-corrected chi connectivity index (χ2v) is 5.66. The van der Waals surface area contributed by atoms with E-state index in [0.29, 0.717) is 19.8 Å². The second-order valence-electron chi connectivity index (χ2n) is 5.66. The molecule has 0 fully saturated rings. The molecule has 9 heteroatoms. The summed E-state index contributed by atoms with van der Waals surface area (Å²) in [7, 11) is 4.97. The molecule has 0 aliphatic carbocycles. The number of ether oxygens (including phenoxy) is 3. The molecule has 0 aromatic carbocycles. The quantitative estimate of drug-likeness (QED) is 0.541. The van der Waals surface area contributed by atoms with E-state index in [1.165, 1.54) is 0 Å². The van der Waals surface area contributed by atoms with Gasteiger partial charge in [0.15, 0.2) is 0 Å². The molecular weight excluding hydrogens is 324 g/mol. The van der Waals surface area contributed by atoms with Crippen LogP contribution in [0.25, 0.3) is 0 Å². The largest absolute Gasteiger partial charge is 0.380 e. The van der Waals surface area contributed by atoms with Crippen molar-refractivity contribution >= 4 is 0 Å². The van der Waals surface area contributed by atoms with E-state index in [-0.39, 0.29) is 5.92 Å². The summed E-state index contributed by atoms with van der Waals surface area (Å²) in [5.41, 5.74) is 5.61. The summed E-state index contributed by atoms with van der Waals surface area (Å²) in [6, 6.07) is 0. The molecule has 0 saturated heterocycles. The summed E-state index contributed by atoms with van der Waals surface area (Å²) in [4.78, 5) is 0. The molecule has 3 N–H and O–H groups in total. The number of nitrogens with one attached hydrogen (secondary N) is 3. The highest BCUT2D eigenvalue weighted by Crippen LogP contribution is 2.34. The van der Waals surface area contributed by atoms with E-state index >= 15 is 0 Å². The van der Waals surface area contributed by atoms with Gasteiger partial charge in [-0.05, 0) is 0 Å². The average molecular weight is 346 g/mol. The third kappa shape index (κ3) is 3.48. The minimum absolute atomic E-state index is 0.201. The molecule has 25 heavy (non-hydrogen) atoms. The summed E-state index contributed by atoms with van der Waals surface area (Å²) in [6.07, 6.45) is 5.31. The molecule has 0 radical (unpaired) electrons. The predicted octanol–water partition coefficient (Wildman–Crippen LogP) is 1.48. The highest BCUT2D eigenvalue weighted by atomic mass is 16.5. The number of aromatic nitrogens is 6. The Balaban J connectivity index is 2.12. The predicted molar refractivity (Wildman–Crippen MR) is 88.8 cm³/mol. The Morgan fingerprint density at radius 3 is 1.28 bits per heavy atom. The summed E-state index contributed by atoms with van der Waals surface area (Å²) in [6.45, 7) is 1.34.